The Kier molecular flexibility index (Phi) is 4.24. The van der Waals surface area contributed by atoms with E-state index in [0.29, 0.717) is 18.7 Å². The molecule has 22 heavy (non-hydrogen) atoms. The molecule has 7 nitrogen and oxygen atoms in total. The molecule has 0 bridgehead atoms. The monoisotopic (exact) mass is 297 g/mol. The Morgan fingerprint density at radius 3 is 2.77 bits per heavy atom. The van der Waals surface area contributed by atoms with Gasteiger partial charge in [-0.2, -0.15) is 0 Å². The van der Waals surface area contributed by atoms with Crippen molar-refractivity contribution in [3.05, 3.63) is 66.4 Å². The zero-order chi connectivity index (χ0) is 15.2. The molecule has 1 atom stereocenters. The molecule has 0 aliphatic carbocycles. The number of nitrogens with zero attached hydrogens (tertiary/aromatic N) is 4. The molecule has 0 aliphatic heterocycles. The standard InChI is InChI=1S/C15H15N5O2/c21-15(16-10-13-7-4-8-22-13)14(20-11-17-18-19-20)9-12-5-2-1-3-6-12/h1-8,11,14H,9-10H2,(H,16,21). The number of carbonyl (C=O) groups excluding carboxylic acids is 1. The molecule has 1 unspecified atom stereocenters. The first kappa shape index (κ1) is 14.0. The number of furan rings is 1. The van der Waals surface area contributed by atoms with E-state index in [4.69, 9.17) is 4.42 Å². The van der Waals surface area contributed by atoms with Crippen molar-refractivity contribution in [2.45, 2.75) is 19.0 Å². The zero-order valence-electron chi connectivity index (χ0n) is 11.8. The topological polar surface area (TPSA) is 85.8 Å². The fraction of sp³-hybridized carbons (Fsp3) is 0.200. The normalized spacial score (nSPS) is 12.0. The van der Waals surface area contributed by atoms with Gasteiger partial charge in [0.25, 0.3) is 0 Å². The summed E-state index contributed by atoms with van der Waals surface area (Å²) in [6.07, 6.45) is 3.53. The van der Waals surface area contributed by atoms with Crippen LogP contribution in [-0.4, -0.2) is 26.1 Å². The van der Waals surface area contributed by atoms with Crippen LogP contribution in [0.2, 0.25) is 0 Å². The quantitative estimate of drug-likeness (QED) is 0.742. The van der Waals surface area contributed by atoms with Gasteiger partial charge in [-0.3, -0.25) is 4.79 Å². The number of carbonyl (C=O) groups is 1. The lowest BCUT2D eigenvalue weighted by atomic mass is 10.1. The van der Waals surface area contributed by atoms with E-state index in [9.17, 15) is 4.79 Å². The summed E-state index contributed by atoms with van der Waals surface area (Å²) in [5, 5.41) is 13.9. The second-order valence-electron chi connectivity index (χ2n) is 4.79. The minimum Gasteiger partial charge on any atom is -0.467 e. The van der Waals surface area contributed by atoms with Gasteiger partial charge >= 0.3 is 0 Å². The van der Waals surface area contributed by atoms with Gasteiger partial charge in [0.15, 0.2) is 0 Å². The number of hydrogen-bond donors (Lipinski definition) is 1. The Labute approximate surface area is 126 Å². The lowest BCUT2D eigenvalue weighted by Crippen LogP contribution is -2.33. The molecular formula is C15H15N5O2. The first-order valence-electron chi connectivity index (χ1n) is 6.89. The van der Waals surface area contributed by atoms with Gasteiger partial charge < -0.3 is 9.73 Å². The average molecular weight is 297 g/mol. The summed E-state index contributed by atoms with van der Waals surface area (Å²) in [4.78, 5) is 12.5. The van der Waals surface area contributed by atoms with E-state index in [1.807, 2.05) is 36.4 Å². The van der Waals surface area contributed by atoms with Crippen molar-refractivity contribution >= 4 is 5.91 Å². The second kappa shape index (κ2) is 6.66. The smallest absolute Gasteiger partial charge is 0.245 e. The lowest BCUT2D eigenvalue weighted by Gasteiger charge is -2.16. The molecular weight excluding hydrogens is 282 g/mol. The third-order valence-corrected chi connectivity index (χ3v) is 3.28. The van der Waals surface area contributed by atoms with Crippen LogP contribution in [0.1, 0.15) is 17.4 Å². The van der Waals surface area contributed by atoms with Crippen LogP contribution in [0.3, 0.4) is 0 Å². The molecule has 1 aromatic carbocycles. The van der Waals surface area contributed by atoms with Crippen molar-refractivity contribution in [2.75, 3.05) is 0 Å². The van der Waals surface area contributed by atoms with Gasteiger partial charge in [-0.05, 0) is 28.1 Å². The highest BCUT2D eigenvalue weighted by atomic mass is 16.3. The van der Waals surface area contributed by atoms with E-state index in [-0.39, 0.29) is 5.91 Å². The van der Waals surface area contributed by atoms with E-state index in [1.165, 1.54) is 11.0 Å². The number of rotatable bonds is 6. The SMILES string of the molecule is O=C(NCc1ccco1)C(Cc1ccccc1)n1cnnn1. The highest BCUT2D eigenvalue weighted by Gasteiger charge is 2.22. The Hall–Kier alpha value is -2.96. The molecule has 1 amide bonds. The molecule has 7 heteroatoms. The molecule has 0 fully saturated rings. The number of hydrogen-bond acceptors (Lipinski definition) is 5. The van der Waals surface area contributed by atoms with Crippen LogP contribution in [0, 0.1) is 0 Å². The lowest BCUT2D eigenvalue weighted by molar-refractivity contribution is -0.124. The number of benzene rings is 1. The van der Waals surface area contributed by atoms with Gasteiger partial charge in [0.1, 0.15) is 18.1 Å². The molecule has 1 N–H and O–H groups in total. The van der Waals surface area contributed by atoms with E-state index >= 15 is 0 Å². The van der Waals surface area contributed by atoms with Crippen molar-refractivity contribution in [1.82, 2.24) is 25.5 Å². The van der Waals surface area contributed by atoms with Gasteiger partial charge in [0.2, 0.25) is 5.91 Å². The average Bonchev–Trinajstić information content (AvgIpc) is 3.24. The van der Waals surface area contributed by atoms with Crippen molar-refractivity contribution in [3.63, 3.8) is 0 Å². The maximum Gasteiger partial charge on any atom is 0.245 e. The van der Waals surface area contributed by atoms with E-state index in [2.05, 4.69) is 20.8 Å². The maximum absolute atomic E-state index is 12.5. The van der Waals surface area contributed by atoms with Crippen LogP contribution in [0.25, 0.3) is 0 Å². The summed E-state index contributed by atoms with van der Waals surface area (Å²) in [5.41, 5.74) is 1.04. The van der Waals surface area contributed by atoms with Gasteiger partial charge in [0.05, 0.1) is 12.8 Å². The van der Waals surface area contributed by atoms with Gasteiger partial charge in [-0.25, -0.2) is 4.68 Å². The minimum atomic E-state index is -0.507. The summed E-state index contributed by atoms with van der Waals surface area (Å²) in [7, 11) is 0. The van der Waals surface area contributed by atoms with E-state index in [1.54, 1.807) is 12.3 Å². The summed E-state index contributed by atoms with van der Waals surface area (Å²) in [6, 6.07) is 12.8. The second-order valence-corrected chi connectivity index (χ2v) is 4.79. The van der Waals surface area contributed by atoms with Crippen molar-refractivity contribution in [1.29, 1.82) is 0 Å². The van der Waals surface area contributed by atoms with Crippen molar-refractivity contribution in [3.8, 4) is 0 Å². The van der Waals surface area contributed by atoms with Gasteiger partial charge in [0, 0.05) is 6.42 Å². The Morgan fingerprint density at radius 1 is 1.23 bits per heavy atom. The summed E-state index contributed by atoms with van der Waals surface area (Å²) < 4.78 is 6.67. The molecule has 0 spiro atoms. The fourth-order valence-electron chi connectivity index (χ4n) is 2.16. The molecule has 112 valence electrons. The molecule has 2 aromatic heterocycles. The summed E-state index contributed by atoms with van der Waals surface area (Å²) >= 11 is 0. The number of amides is 1. The Bertz CT molecular complexity index is 695. The number of tetrazole rings is 1. The third kappa shape index (κ3) is 3.38. The first-order chi connectivity index (χ1) is 10.8. The molecule has 0 saturated carbocycles. The maximum atomic E-state index is 12.5. The van der Waals surface area contributed by atoms with Gasteiger partial charge in [-0.1, -0.05) is 30.3 Å². The molecule has 2 heterocycles. The summed E-state index contributed by atoms with van der Waals surface area (Å²) in [6.45, 7) is 0.333. The third-order valence-electron chi connectivity index (χ3n) is 3.28. The summed E-state index contributed by atoms with van der Waals surface area (Å²) in [5.74, 6) is 0.538. The van der Waals surface area contributed by atoms with Crippen LogP contribution in [0.5, 0.6) is 0 Å². The predicted octanol–water partition coefficient (Wildman–Crippen LogP) is 1.37. The van der Waals surface area contributed by atoms with Crippen LogP contribution >= 0.6 is 0 Å². The molecule has 0 radical (unpaired) electrons. The number of nitrogens with one attached hydrogen (secondary N) is 1. The van der Waals surface area contributed by atoms with Crippen LogP contribution < -0.4 is 5.32 Å². The van der Waals surface area contributed by atoms with Gasteiger partial charge in [-0.15, -0.1) is 5.10 Å². The van der Waals surface area contributed by atoms with Crippen LogP contribution in [-0.2, 0) is 17.8 Å². The zero-order valence-corrected chi connectivity index (χ0v) is 11.8. The largest absolute Gasteiger partial charge is 0.467 e. The minimum absolute atomic E-state index is 0.160. The van der Waals surface area contributed by atoms with Crippen molar-refractivity contribution in [2.24, 2.45) is 0 Å². The fourth-order valence-corrected chi connectivity index (χ4v) is 2.16. The predicted molar refractivity (Wildman–Crippen MR) is 77.6 cm³/mol. The van der Waals surface area contributed by atoms with Crippen molar-refractivity contribution < 1.29 is 9.21 Å². The molecule has 0 saturated heterocycles. The highest BCUT2D eigenvalue weighted by molar-refractivity contribution is 5.80. The Balaban J connectivity index is 1.72. The highest BCUT2D eigenvalue weighted by Crippen LogP contribution is 2.13. The first-order valence-corrected chi connectivity index (χ1v) is 6.89. The van der Waals surface area contributed by atoms with Crippen LogP contribution in [0.15, 0.2) is 59.5 Å². The molecule has 3 rings (SSSR count). The Morgan fingerprint density at radius 2 is 2.09 bits per heavy atom. The van der Waals surface area contributed by atoms with E-state index in [0.717, 1.165) is 5.56 Å². The molecule has 3 aromatic rings. The van der Waals surface area contributed by atoms with Crippen LogP contribution in [0.4, 0.5) is 0 Å². The molecule has 0 aliphatic rings. The number of aromatic nitrogens is 4. The van der Waals surface area contributed by atoms with E-state index < -0.39 is 6.04 Å².